The molecule has 27 heavy (non-hydrogen) atoms. The van der Waals surface area contributed by atoms with Gasteiger partial charge in [-0.05, 0) is 36.4 Å². The fourth-order valence-electron chi connectivity index (χ4n) is 2.47. The van der Waals surface area contributed by atoms with Crippen LogP contribution in [0, 0.1) is 0 Å². The molecule has 3 rings (SSSR count). The molecule has 1 aromatic heterocycles. The number of benzene rings is 2. The number of hydrogen-bond donors (Lipinski definition) is 1. The molecule has 1 amide bonds. The van der Waals surface area contributed by atoms with Gasteiger partial charge in [-0.2, -0.15) is 0 Å². The van der Waals surface area contributed by atoms with E-state index < -0.39 is 0 Å². The SMILES string of the molecule is COCCNC(=O)c1nc(-c2cccc(Cl)c2)n(-c2ccc(OC)cc2)n1. The Labute approximate surface area is 161 Å². The van der Waals surface area contributed by atoms with Crippen molar-refractivity contribution in [2.75, 3.05) is 27.4 Å². The number of rotatable bonds is 7. The predicted molar refractivity (Wildman–Crippen MR) is 103 cm³/mol. The minimum atomic E-state index is -0.373. The predicted octanol–water partition coefficient (Wildman–Crippen LogP) is 2.97. The van der Waals surface area contributed by atoms with Gasteiger partial charge in [-0.3, -0.25) is 4.79 Å². The van der Waals surface area contributed by atoms with Crippen molar-refractivity contribution >= 4 is 17.5 Å². The minimum absolute atomic E-state index is 0.0666. The van der Waals surface area contributed by atoms with Crippen molar-refractivity contribution < 1.29 is 14.3 Å². The van der Waals surface area contributed by atoms with Crippen LogP contribution in [0.3, 0.4) is 0 Å². The molecule has 2 aromatic carbocycles. The Morgan fingerprint density at radius 3 is 2.63 bits per heavy atom. The molecule has 140 valence electrons. The molecule has 0 saturated carbocycles. The van der Waals surface area contributed by atoms with E-state index in [0.717, 1.165) is 17.0 Å². The van der Waals surface area contributed by atoms with Crippen LogP contribution in [0.25, 0.3) is 17.1 Å². The third-order valence-corrected chi connectivity index (χ3v) is 4.04. The quantitative estimate of drug-likeness (QED) is 0.631. The lowest BCUT2D eigenvalue weighted by molar-refractivity contribution is 0.0927. The Balaban J connectivity index is 2.02. The number of methoxy groups -OCH3 is 2. The summed E-state index contributed by atoms with van der Waals surface area (Å²) in [6.45, 7) is 0.783. The number of amides is 1. The molecule has 8 heteroatoms. The van der Waals surface area contributed by atoms with Crippen LogP contribution in [0.2, 0.25) is 5.02 Å². The van der Waals surface area contributed by atoms with Crippen molar-refractivity contribution in [2.45, 2.75) is 0 Å². The Hall–Kier alpha value is -2.90. The minimum Gasteiger partial charge on any atom is -0.497 e. The molecular weight excluding hydrogens is 368 g/mol. The fourth-order valence-corrected chi connectivity index (χ4v) is 2.66. The van der Waals surface area contributed by atoms with E-state index in [1.807, 2.05) is 36.4 Å². The van der Waals surface area contributed by atoms with Crippen molar-refractivity contribution in [1.82, 2.24) is 20.1 Å². The molecule has 1 N–H and O–H groups in total. The van der Waals surface area contributed by atoms with Gasteiger partial charge in [0.2, 0.25) is 5.82 Å². The molecule has 0 aliphatic heterocycles. The van der Waals surface area contributed by atoms with Crippen LogP contribution in [0.4, 0.5) is 0 Å². The third-order valence-electron chi connectivity index (χ3n) is 3.80. The fraction of sp³-hybridized carbons (Fsp3) is 0.211. The summed E-state index contributed by atoms with van der Waals surface area (Å²) in [7, 11) is 3.17. The Kier molecular flexibility index (Phi) is 6.05. The molecule has 1 heterocycles. The Morgan fingerprint density at radius 1 is 1.19 bits per heavy atom. The van der Waals surface area contributed by atoms with E-state index in [2.05, 4.69) is 15.4 Å². The van der Waals surface area contributed by atoms with Crippen molar-refractivity contribution in [3.8, 4) is 22.8 Å². The molecular formula is C19H19ClN4O3. The van der Waals surface area contributed by atoms with Crippen LogP contribution >= 0.6 is 11.6 Å². The summed E-state index contributed by atoms with van der Waals surface area (Å²) in [5.74, 6) is 0.930. The van der Waals surface area contributed by atoms with Crippen LogP contribution in [0.5, 0.6) is 5.75 Å². The van der Waals surface area contributed by atoms with Crippen LogP contribution in [-0.4, -0.2) is 48.0 Å². The second-order valence-electron chi connectivity index (χ2n) is 5.63. The first-order chi connectivity index (χ1) is 13.1. The maximum Gasteiger partial charge on any atom is 0.291 e. The first-order valence-corrected chi connectivity index (χ1v) is 8.64. The molecule has 0 saturated heterocycles. The number of aromatic nitrogens is 3. The molecule has 0 unspecified atom stereocenters. The molecule has 0 fully saturated rings. The zero-order valence-electron chi connectivity index (χ0n) is 15.0. The van der Waals surface area contributed by atoms with E-state index in [1.165, 1.54) is 0 Å². The van der Waals surface area contributed by atoms with Gasteiger partial charge in [-0.1, -0.05) is 23.7 Å². The zero-order chi connectivity index (χ0) is 19.2. The molecule has 0 aliphatic rings. The number of ether oxygens (including phenoxy) is 2. The number of nitrogens with zero attached hydrogens (tertiary/aromatic N) is 3. The smallest absolute Gasteiger partial charge is 0.291 e. The normalized spacial score (nSPS) is 10.6. The van der Waals surface area contributed by atoms with Gasteiger partial charge in [0.05, 0.1) is 19.4 Å². The second kappa shape index (κ2) is 8.66. The van der Waals surface area contributed by atoms with Gasteiger partial charge in [0.15, 0.2) is 5.82 Å². The van der Waals surface area contributed by atoms with Gasteiger partial charge in [-0.15, -0.1) is 5.10 Å². The van der Waals surface area contributed by atoms with E-state index in [1.54, 1.807) is 31.0 Å². The number of carbonyl (C=O) groups is 1. The maximum absolute atomic E-state index is 12.4. The zero-order valence-corrected chi connectivity index (χ0v) is 15.7. The van der Waals surface area contributed by atoms with Gasteiger partial charge in [0.25, 0.3) is 5.91 Å². The first-order valence-electron chi connectivity index (χ1n) is 8.27. The van der Waals surface area contributed by atoms with Crippen molar-refractivity contribution in [1.29, 1.82) is 0 Å². The molecule has 7 nitrogen and oxygen atoms in total. The average Bonchev–Trinajstić information content (AvgIpc) is 3.14. The van der Waals surface area contributed by atoms with E-state index in [-0.39, 0.29) is 11.7 Å². The van der Waals surface area contributed by atoms with Crippen LogP contribution in [0.1, 0.15) is 10.6 Å². The van der Waals surface area contributed by atoms with Crippen LogP contribution < -0.4 is 10.1 Å². The molecule has 0 radical (unpaired) electrons. The highest BCUT2D eigenvalue weighted by molar-refractivity contribution is 6.30. The van der Waals surface area contributed by atoms with Gasteiger partial charge in [-0.25, -0.2) is 9.67 Å². The topological polar surface area (TPSA) is 78.3 Å². The first kappa shape index (κ1) is 18.9. The monoisotopic (exact) mass is 386 g/mol. The van der Waals surface area contributed by atoms with Crippen LogP contribution in [-0.2, 0) is 4.74 Å². The lowest BCUT2D eigenvalue weighted by Gasteiger charge is -2.07. The van der Waals surface area contributed by atoms with E-state index in [9.17, 15) is 4.79 Å². The van der Waals surface area contributed by atoms with Gasteiger partial charge in [0.1, 0.15) is 5.75 Å². The summed E-state index contributed by atoms with van der Waals surface area (Å²) in [5.41, 5.74) is 1.50. The third kappa shape index (κ3) is 4.45. The summed E-state index contributed by atoms with van der Waals surface area (Å²) < 4.78 is 11.7. The average molecular weight is 387 g/mol. The highest BCUT2D eigenvalue weighted by Crippen LogP contribution is 2.25. The van der Waals surface area contributed by atoms with Crippen molar-refractivity contribution in [3.05, 3.63) is 59.4 Å². The maximum atomic E-state index is 12.4. The van der Waals surface area contributed by atoms with E-state index >= 15 is 0 Å². The lowest BCUT2D eigenvalue weighted by atomic mass is 10.2. The van der Waals surface area contributed by atoms with Crippen molar-refractivity contribution in [2.24, 2.45) is 0 Å². The number of nitrogens with one attached hydrogen (secondary N) is 1. The molecule has 0 aliphatic carbocycles. The number of carbonyl (C=O) groups excluding carboxylic acids is 1. The van der Waals surface area contributed by atoms with Gasteiger partial charge in [0, 0.05) is 24.2 Å². The second-order valence-corrected chi connectivity index (χ2v) is 6.06. The van der Waals surface area contributed by atoms with Gasteiger partial charge >= 0.3 is 0 Å². The lowest BCUT2D eigenvalue weighted by Crippen LogP contribution is -2.28. The summed E-state index contributed by atoms with van der Waals surface area (Å²) >= 11 is 6.12. The van der Waals surface area contributed by atoms with E-state index in [0.29, 0.717) is 24.0 Å². The van der Waals surface area contributed by atoms with Crippen molar-refractivity contribution in [3.63, 3.8) is 0 Å². The Bertz CT molecular complexity index is 925. The van der Waals surface area contributed by atoms with E-state index in [4.69, 9.17) is 21.1 Å². The van der Waals surface area contributed by atoms with Gasteiger partial charge < -0.3 is 14.8 Å². The molecule has 3 aromatic rings. The largest absolute Gasteiger partial charge is 0.497 e. The molecule has 0 atom stereocenters. The summed E-state index contributed by atoms with van der Waals surface area (Å²) in [6, 6.07) is 14.6. The highest BCUT2D eigenvalue weighted by Gasteiger charge is 2.18. The number of hydrogen-bond acceptors (Lipinski definition) is 5. The summed E-state index contributed by atoms with van der Waals surface area (Å²) in [6.07, 6.45) is 0. The molecule has 0 bridgehead atoms. The molecule has 0 spiro atoms. The summed E-state index contributed by atoms with van der Waals surface area (Å²) in [4.78, 5) is 16.8. The summed E-state index contributed by atoms with van der Waals surface area (Å²) in [5, 5.41) is 7.69. The highest BCUT2D eigenvalue weighted by atomic mass is 35.5. The Morgan fingerprint density at radius 2 is 1.96 bits per heavy atom. The standard InChI is InChI=1S/C19H19ClN4O3/c1-26-11-10-21-19(25)17-22-18(13-4-3-5-14(20)12-13)24(23-17)15-6-8-16(27-2)9-7-15/h3-9,12H,10-11H2,1-2H3,(H,21,25). The number of halogens is 1. The van der Waals surface area contributed by atoms with Crippen LogP contribution in [0.15, 0.2) is 48.5 Å².